The van der Waals surface area contributed by atoms with Crippen molar-refractivity contribution in [3.05, 3.63) is 86.8 Å². The number of hydrogen-bond donors (Lipinski definition) is 2. The molecule has 3 aromatic rings. The van der Waals surface area contributed by atoms with Crippen LogP contribution in [0.15, 0.2) is 70.2 Å². The zero-order valence-corrected chi connectivity index (χ0v) is 24.5. The van der Waals surface area contributed by atoms with Crippen LogP contribution in [0.25, 0.3) is 0 Å². The zero-order chi connectivity index (χ0) is 28.4. The lowest BCUT2D eigenvalue weighted by Gasteiger charge is -2.20. The third-order valence-electron chi connectivity index (χ3n) is 5.60. The Hall–Kier alpha value is -3.56. The highest BCUT2D eigenvalue weighted by atomic mass is 79.9. The number of nitrogens with zero attached hydrogens (tertiary/aromatic N) is 1. The van der Waals surface area contributed by atoms with E-state index in [0.717, 1.165) is 5.56 Å². The van der Waals surface area contributed by atoms with Crippen molar-refractivity contribution in [1.29, 1.82) is 0 Å². The molecule has 0 aliphatic rings. The fraction of sp³-hybridized carbons (Fsp3) is 0.276. The van der Waals surface area contributed by atoms with Crippen molar-refractivity contribution < 1.29 is 23.8 Å². The first kappa shape index (κ1) is 30.0. The number of hydrazone groups is 1. The number of methoxy groups -OCH3 is 1. The highest BCUT2D eigenvalue weighted by molar-refractivity contribution is 9.10. The van der Waals surface area contributed by atoms with E-state index in [0.29, 0.717) is 51.1 Å². The number of rotatable bonds is 12. The third-order valence-corrected chi connectivity index (χ3v) is 6.45. The van der Waals surface area contributed by atoms with Crippen LogP contribution >= 0.6 is 27.5 Å². The summed E-state index contributed by atoms with van der Waals surface area (Å²) in [6, 6.07) is 16.8. The summed E-state index contributed by atoms with van der Waals surface area (Å²) < 4.78 is 17.6. The van der Waals surface area contributed by atoms with Crippen LogP contribution < -0.4 is 25.0 Å². The van der Waals surface area contributed by atoms with Crippen molar-refractivity contribution in [2.45, 2.75) is 33.4 Å². The van der Waals surface area contributed by atoms with Gasteiger partial charge in [0, 0.05) is 10.6 Å². The summed E-state index contributed by atoms with van der Waals surface area (Å²) >= 11 is 9.50. The van der Waals surface area contributed by atoms with Crippen molar-refractivity contribution in [3.63, 3.8) is 0 Å². The summed E-state index contributed by atoms with van der Waals surface area (Å²) in [4.78, 5) is 25.5. The first-order valence-corrected chi connectivity index (χ1v) is 13.5. The van der Waals surface area contributed by atoms with Gasteiger partial charge in [-0.1, -0.05) is 37.6 Å². The van der Waals surface area contributed by atoms with Crippen molar-refractivity contribution in [3.8, 4) is 17.2 Å². The number of halogens is 2. The maximum Gasteiger partial charge on any atom is 0.262 e. The first-order valence-electron chi connectivity index (χ1n) is 12.3. The summed E-state index contributed by atoms with van der Waals surface area (Å²) in [6.45, 7) is 6.33. The Morgan fingerprint density at radius 3 is 2.36 bits per heavy atom. The Balaban J connectivity index is 1.67. The largest absolute Gasteiger partial charge is 0.497 e. The molecule has 0 aliphatic heterocycles. The summed E-state index contributed by atoms with van der Waals surface area (Å²) in [6.07, 6.45) is 1.50. The molecule has 0 saturated carbocycles. The monoisotopic (exact) mass is 615 g/mol. The predicted octanol–water partition coefficient (Wildman–Crippen LogP) is 5.99. The minimum atomic E-state index is -0.786. The van der Waals surface area contributed by atoms with Gasteiger partial charge in [0.25, 0.3) is 11.8 Å². The second-order valence-corrected chi connectivity index (χ2v) is 10.1. The van der Waals surface area contributed by atoms with Gasteiger partial charge >= 0.3 is 0 Å². The molecule has 0 saturated heterocycles. The molecule has 0 heterocycles. The molecule has 0 radical (unpaired) electrons. The Kier molecular flexibility index (Phi) is 11.2. The van der Waals surface area contributed by atoms with Crippen LogP contribution in [0.2, 0.25) is 5.02 Å². The Bertz CT molecular complexity index is 1300. The minimum Gasteiger partial charge on any atom is -0.497 e. The number of hydrogen-bond acceptors (Lipinski definition) is 6. The maximum atomic E-state index is 12.9. The Labute approximate surface area is 241 Å². The molecule has 0 spiro atoms. The highest BCUT2D eigenvalue weighted by Crippen LogP contribution is 2.37. The number of carbonyl (C=O) groups is 2. The van der Waals surface area contributed by atoms with Gasteiger partial charge in [0.1, 0.15) is 18.4 Å². The fourth-order valence-electron chi connectivity index (χ4n) is 3.54. The molecule has 1 atom stereocenters. The Morgan fingerprint density at radius 2 is 1.74 bits per heavy atom. The molecule has 2 amide bonds. The molecule has 3 aromatic carbocycles. The predicted molar refractivity (Wildman–Crippen MR) is 156 cm³/mol. The van der Waals surface area contributed by atoms with E-state index in [1.807, 2.05) is 32.9 Å². The average Bonchev–Trinajstić information content (AvgIpc) is 2.92. The molecule has 0 aliphatic carbocycles. The molecular formula is C29H31BrClN3O5. The quantitative estimate of drug-likeness (QED) is 0.192. The van der Waals surface area contributed by atoms with E-state index in [2.05, 4.69) is 31.8 Å². The van der Waals surface area contributed by atoms with Gasteiger partial charge in [-0.25, -0.2) is 5.43 Å². The van der Waals surface area contributed by atoms with Gasteiger partial charge in [0.15, 0.2) is 11.5 Å². The number of amides is 2. The minimum absolute atomic E-state index is 0.168. The fourth-order valence-corrected chi connectivity index (χ4v) is 4.24. The van der Waals surface area contributed by atoms with Crippen LogP contribution in [-0.2, 0) is 11.4 Å². The molecule has 0 fully saturated rings. The van der Waals surface area contributed by atoms with Crippen LogP contribution in [0.5, 0.6) is 17.2 Å². The molecule has 206 valence electrons. The highest BCUT2D eigenvalue weighted by Gasteiger charge is 2.24. The Morgan fingerprint density at radius 1 is 1.05 bits per heavy atom. The summed E-state index contributed by atoms with van der Waals surface area (Å²) in [5.74, 6) is 0.747. The van der Waals surface area contributed by atoms with E-state index in [1.165, 1.54) is 6.21 Å². The average molecular weight is 617 g/mol. The molecule has 1 unspecified atom stereocenters. The number of ether oxygens (including phenoxy) is 3. The lowest BCUT2D eigenvalue weighted by molar-refractivity contribution is -0.123. The van der Waals surface area contributed by atoms with Crippen LogP contribution in [-0.4, -0.2) is 37.8 Å². The molecule has 39 heavy (non-hydrogen) atoms. The van der Waals surface area contributed by atoms with Gasteiger partial charge in [-0.3, -0.25) is 9.59 Å². The maximum absolute atomic E-state index is 12.9. The van der Waals surface area contributed by atoms with Gasteiger partial charge < -0.3 is 19.5 Å². The van der Waals surface area contributed by atoms with E-state index >= 15 is 0 Å². The van der Waals surface area contributed by atoms with Crippen LogP contribution in [0.4, 0.5) is 0 Å². The van der Waals surface area contributed by atoms with E-state index in [4.69, 9.17) is 25.8 Å². The molecule has 0 aromatic heterocycles. The SMILES string of the molecule is CCOc1cc(C=NNC(=O)C(NC(=O)c2ccc(OC)cc2)C(C)C)cc(Br)c1OCc1ccc(Cl)cc1. The standard InChI is InChI=1S/C29H31BrClN3O5/c1-5-38-25-15-20(14-24(30)27(25)39-17-19-6-10-22(31)11-7-19)16-32-34-29(36)26(18(2)3)33-28(35)21-8-12-23(37-4)13-9-21/h6-16,18,26H,5,17H2,1-4H3,(H,33,35)(H,34,36). The smallest absolute Gasteiger partial charge is 0.262 e. The number of carbonyl (C=O) groups excluding carboxylic acids is 2. The summed E-state index contributed by atoms with van der Waals surface area (Å²) in [5.41, 5.74) is 4.58. The van der Waals surface area contributed by atoms with Gasteiger partial charge in [-0.2, -0.15) is 5.10 Å². The second kappa shape index (κ2) is 14.6. The zero-order valence-electron chi connectivity index (χ0n) is 22.2. The summed E-state index contributed by atoms with van der Waals surface area (Å²) in [7, 11) is 1.55. The number of nitrogens with one attached hydrogen (secondary N) is 2. The van der Waals surface area contributed by atoms with Crippen LogP contribution in [0, 0.1) is 5.92 Å². The molecule has 8 nitrogen and oxygen atoms in total. The van der Waals surface area contributed by atoms with Gasteiger partial charge in [-0.05, 0) is 88.4 Å². The van der Waals surface area contributed by atoms with E-state index in [9.17, 15) is 9.59 Å². The van der Waals surface area contributed by atoms with Crippen molar-refractivity contribution >= 4 is 45.6 Å². The van der Waals surface area contributed by atoms with Crippen molar-refractivity contribution in [1.82, 2.24) is 10.7 Å². The molecule has 10 heteroatoms. The van der Waals surface area contributed by atoms with Crippen molar-refractivity contribution in [2.75, 3.05) is 13.7 Å². The lowest BCUT2D eigenvalue weighted by Crippen LogP contribution is -2.48. The molecule has 3 rings (SSSR count). The van der Waals surface area contributed by atoms with E-state index in [-0.39, 0.29) is 11.8 Å². The van der Waals surface area contributed by atoms with E-state index in [1.54, 1.807) is 55.6 Å². The van der Waals surface area contributed by atoms with Gasteiger partial charge in [-0.15, -0.1) is 0 Å². The topological polar surface area (TPSA) is 98.2 Å². The lowest BCUT2D eigenvalue weighted by atomic mass is 10.0. The van der Waals surface area contributed by atoms with Gasteiger partial charge in [0.05, 0.1) is 24.4 Å². The molecule has 0 bridgehead atoms. The van der Waals surface area contributed by atoms with Crippen LogP contribution in [0.3, 0.4) is 0 Å². The van der Waals surface area contributed by atoms with Crippen molar-refractivity contribution in [2.24, 2.45) is 11.0 Å². The first-order chi connectivity index (χ1) is 18.7. The third kappa shape index (κ3) is 8.73. The molecular weight excluding hydrogens is 586 g/mol. The molecule has 2 N–H and O–H groups in total. The van der Waals surface area contributed by atoms with Gasteiger partial charge in [0.2, 0.25) is 0 Å². The second-order valence-electron chi connectivity index (χ2n) is 8.84. The van der Waals surface area contributed by atoms with E-state index < -0.39 is 11.9 Å². The number of benzene rings is 3. The van der Waals surface area contributed by atoms with Crippen LogP contribution in [0.1, 0.15) is 42.3 Å². The normalized spacial score (nSPS) is 11.8. The summed E-state index contributed by atoms with van der Waals surface area (Å²) in [5, 5.41) is 7.53.